The zero-order chi connectivity index (χ0) is 13.8. The molecule has 0 bridgehead atoms. The molecule has 0 aliphatic rings. The highest BCUT2D eigenvalue weighted by Crippen LogP contribution is 2.21. The maximum absolute atomic E-state index is 13.5. The number of halogens is 2. The van der Waals surface area contributed by atoms with Gasteiger partial charge in [-0.25, -0.2) is 4.39 Å². The molecule has 5 heteroatoms. The Hall–Kier alpha value is -1.52. The molecule has 0 aliphatic heterocycles. The van der Waals surface area contributed by atoms with Gasteiger partial charge in [-0.3, -0.25) is 4.79 Å². The first-order valence-corrected chi connectivity index (χ1v) is 7.11. The molecule has 2 nitrogen and oxygen atoms in total. The number of benzene rings is 2. The molecule has 1 N–H and O–H groups in total. The van der Waals surface area contributed by atoms with Crippen molar-refractivity contribution in [1.29, 1.82) is 0 Å². The van der Waals surface area contributed by atoms with Gasteiger partial charge in [0.25, 0.3) is 5.91 Å². The fourth-order valence-corrected chi connectivity index (χ4v) is 2.20. The van der Waals surface area contributed by atoms with Crippen molar-refractivity contribution in [1.82, 2.24) is 0 Å². The van der Waals surface area contributed by atoms with Gasteiger partial charge in [-0.2, -0.15) is 0 Å². The first kappa shape index (κ1) is 13.9. The minimum absolute atomic E-state index is 0.0675. The van der Waals surface area contributed by atoms with E-state index in [1.54, 1.807) is 17.8 Å². The number of hydrogen-bond acceptors (Lipinski definition) is 2. The highest BCUT2D eigenvalue weighted by Gasteiger charge is 2.12. The molecule has 1 amide bonds. The predicted molar refractivity (Wildman–Crippen MR) is 77.6 cm³/mol. The summed E-state index contributed by atoms with van der Waals surface area (Å²) in [7, 11) is 0. The SMILES string of the molecule is CSc1cccc(NC(=O)c2cc(Cl)ccc2F)c1. The van der Waals surface area contributed by atoms with Gasteiger partial charge < -0.3 is 5.32 Å². The summed E-state index contributed by atoms with van der Waals surface area (Å²) in [6.07, 6.45) is 1.94. The molecule has 0 heterocycles. The molecule has 2 rings (SSSR count). The summed E-state index contributed by atoms with van der Waals surface area (Å²) in [6.45, 7) is 0. The van der Waals surface area contributed by atoms with Gasteiger partial charge in [0, 0.05) is 15.6 Å². The van der Waals surface area contributed by atoms with Gasteiger partial charge >= 0.3 is 0 Å². The standard InChI is InChI=1S/C14H11ClFNOS/c1-19-11-4-2-3-10(8-11)17-14(18)12-7-9(15)5-6-13(12)16/h2-8H,1H3,(H,17,18). The predicted octanol–water partition coefficient (Wildman–Crippen LogP) is 4.45. The third kappa shape index (κ3) is 3.49. The van der Waals surface area contributed by atoms with Crippen LogP contribution < -0.4 is 5.32 Å². The molecule has 0 aliphatic carbocycles. The molecular weight excluding hydrogens is 285 g/mol. The Bertz CT molecular complexity index is 618. The number of amides is 1. The molecule has 98 valence electrons. The minimum Gasteiger partial charge on any atom is -0.322 e. The van der Waals surface area contributed by atoms with Crippen LogP contribution in [0.15, 0.2) is 47.4 Å². The Morgan fingerprint density at radius 3 is 2.79 bits per heavy atom. The molecule has 0 saturated carbocycles. The lowest BCUT2D eigenvalue weighted by Gasteiger charge is -2.07. The second-order valence-electron chi connectivity index (χ2n) is 3.81. The lowest BCUT2D eigenvalue weighted by molar-refractivity contribution is 0.102. The average Bonchev–Trinajstić information content (AvgIpc) is 2.41. The van der Waals surface area contributed by atoms with Gasteiger partial charge in [-0.15, -0.1) is 11.8 Å². The molecule has 0 spiro atoms. The Morgan fingerprint density at radius 2 is 2.05 bits per heavy atom. The van der Waals surface area contributed by atoms with Crippen molar-refractivity contribution in [3.63, 3.8) is 0 Å². The number of rotatable bonds is 3. The third-order valence-corrected chi connectivity index (χ3v) is 3.46. The summed E-state index contributed by atoms with van der Waals surface area (Å²) in [4.78, 5) is 13.0. The van der Waals surface area contributed by atoms with Gasteiger partial charge in [0.2, 0.25) is 0 Å². The van der Waals surface area contributed by atoms with Gasteiger partial charge in [-0.05, 0) is 42.7 Å². The first-order chi connectivity index (χ1) is 9.10. The van der Waals surface area contributed by atoms with Crippen LogP contribution in [-0.4, -0.2) is 12.2 Å². The van der Waals surface area contributed by atoms with E-state index < -0.39 is 11.7 Å². The van der Waals surface area contributed by atoms with Crippen LogP contribution >= 0.6 is 23.4 Å². The van der Waals surface area contributed by atoms with Gasteiger partial charge in [-0.1, -0.05) is 17.7 Å². The summed E-state index contributed by atoms with van der Waals surface area (Å²) in [5.41, 5.74) is 0.554. The topological polar surface area (TPSA) is 29.1 Å². The number of anilines is 1. The van der Waals surface area contributed by atoms with E-state index in [2.05, 4.69) is 5.32 Å². The van der Waals surface area contributed by atoms with Crippen LogP contribution in [0.5, 0.6) is 0 Å². The molecule has 0 aromatic heterocycles. The fraction of sp³-hybridized carbons (Fsp3) is 0.0714. The van der Waals surface area contributed by atoms with Crippen LogP contribution in [0.4, 0.5) is 10.1 Å². The second-order valence-corrected chi connectivity index (χ2v) is 5.13. The Morgan fingerprint density at radius 1 is 1.26 bits per heavy atom. The van der Waals surface area contributed by atoms with E-state index in [1.165, 1.54) is 18.2 Å². The zero-order valence-corrected chi connectivity index (χ0v) is 11.7. The summed E-state index contributed by atoms with van der Waals surface area (Å²) < 4.78 is 13.5. The van der Waals surface area contributed by atoms with Crippen molar-refractivity contribution in [2.75, 3.05) is 11.6 Å². The molecule has 0 radical (unpaired) electrons. The molecule has 0 saturated heterocycles. The van der Waals surface area contributed by atoms with Crippen molar-refractivity contribution in [3.8, 4) is 0 Å². The van der Waals surface area contributed by atoms with Gasteiger partial charge in [0.1, 0.15) is 5.82 Å². The van der Waals surface area contributed by atoms with E-state index in [0.29, 0.717) is 10.7 Å². The van der Waals surface area contributed by atoms with E-state index in [0.717, 1.165) is 4.90 Å². The Kier molecular flexibility index (Phi) is 4.45. The molecule has 0 fully saturated rings. The van der Waals surface area contributed by atoms with Crippen LogP contribution in [0.1, 0.15) is 10.4 Å². The molecule has 19 heavy (non-hydrogen) atoms. The average molecular weight is 296 g/mol. The fourth-order valence-electron chi connectivity index (χ4n) is 1.57. The van der Waals surface area contributed by atoms with E-state index in [9.17, 15) is 9.18 Å². The maximum Gasteiger partial charge on any atom is 0.258 e. The highest BCUT2D eigenvalue weighted by molar-refractivity contribution is 7.98. The monoisotopic (exact) mass is 295 g/mol. The molecule has 0 unspecified atom stereocenters. The number of carbonyl (C=O) groups excluding carboxylic acids is 1. The molecule has 2 aromatic rings. The van der Waals surface area contributed by atoms with Crippen molar-refractivity contribution in [2.45, 2.75) is 4.90 Å². The summed E-state index contributed by atoms with van der Waals surface area (Å²) >= 11 is 7.33. The van der Waals surface area contributed by atoms with E-state index in [-0.39, 0.29) is 5.56 Å². The highest BCUT2D eigenvalue weighted by atomic mass is 35.5. The summed E-state index contributed by atoms with van der Waals surface area (Å²) in [6, 6.07) is 11.2. The molecule has 2 aromatic carbocycles. The Labute approximate surface area is 120 Å². The number of thioether (sulfide) groups is 1. The van der Waals surface area contributed by atoms with E-state index in [4.69, 9.17) is 11.6 Å². The van der Waals surface area contributed by atoms with Crippen molar-refractivity contribution in [2.24, 2.45) is 0 Å². The lowest BCUT2D eigenvalue weighted by atomic mass is 10.2. The lowest BCUT2D eigenvalue weighted by Crippen LogP contribution is -2.13. The molecular formula is C14H11ClFNOS. The van der Waals surface area contributed by atoms with Crippen LogP contribution in [0.25, 0.3) is 0 Å². The quantitative estimate of drug-likeness (QED) is 0.847. The van der Waals surface area contributed by atoms with Gasteiger partial charge in [0.15, 0.2) is 0 Å². The first-order valence-electron chi connectivity index (χ1n) is 5.50. The maximum atomic E-state index is 13.5. The van der Waals surface area contributed by atoms with Crippen molar-refractivity contribution >= 4 is 35.0 Å². The summed E-state index contributed by atoms with van der Waals surface area (Å²) in [5, 5.41) is 2.97. The number of nitrogens with one attached hydrogen (secondary N) is 1. The largest absolute Gasteiger partial charge is 0.322 e. The van der Waals surface area contributed by atoms with E-state index in [1.807, 2.05) is 24.5 Å². The smallest absolute Gasteiger partial charge is 0.258 e. The van der Waals surface area contributed by atoms with Crippen molar-refractivity contribution < 1.29 is 9.18 Å². The second kappa shape index (κ2) is 6.08. The molecule has 0 atom stereocenters. The third-order valence-electron chi connectivity index (χ3n) is 2.50. The van der Waals surface area contributed by atoms with Crippen LogP contribution in [0.2, 0.25) is 5.02 Å². The van der Waals surface area contributed by atoms with Crippen LogP contribution in [0.3, 0.4) is 0 Å². The van der Waals surface area contributed by atoms with E-state index >= 15 is 0 Å². The summed E-state index contributed by atoms with van der Waals surface area (Å²) in [5.74, 6) is -1.11. The Balaban J connectivity index is 2.23. The van der Waals surface area contributed by atoms with Crippen LogP contribution in [0, 0.1) is 5.82 Å². The number of carbonyl (C=O) groups is 1. The van der Waals surface area contributed by atoms with Crippen molar-refractivity contribution in [3.05, 3.63) is 58.9 Å². The van der Waals surface area contributed by atoms with Gasteiger partial charge in [0.05, 0.1) is 5.56 Å². The minimum atomic E-state index is -0.595. The number of hydrogen-bond donors (Lipinski definition) is 1. The normalized spacial score (nSPS) is 10.3. The zero-order valence-electron chi connectivity index (χ0n) is 10.1. The van der Waals surface area contributed by atoms with Crippen LogP contribution in [-0.2, 0) is 0 Å².